The normalized spacial score (nSPS) is 15.3. The molecule has 8 nitrogen and oxygen atoms in total. The summed E-state index contributed by atoms with van der Waals surface area (Å²) in [7, 11) is 4.18. The number of allylic oxidation sites excluding steroid dienone is 1. The quantitative estimate of drug-likeness (QED) is 0.240. The maximum Gasteiger partial charge on any atom is 0.343 e. The highest BCUT2D eigenvalue weighted by Crippen LogP contribution is 2.34. The fourth-order valence-corrected chi connectivity index (χ4v) is 2.67. The van der Waals surface area contributed by atoms with Crippen molar-refractivity contribution in [2.75, 3.05) is 27.9 Å². The van der Waals surface area contributed by atoms with E-state index < -0.39 is 17.8 Å². The largest absolute Gasteiger partial charge is 0.493 e. The molecular weight excluding hydrogens is 384 g/mol. The van der Waals surface area contributed by atoms with Crippen LogP contribution in [0.25, 0.3) is 6.08 Å². The van der Waals surface area contributed by atoms with E-state index in [4.69, 9.17) is 21.7 Å². The summed E-state index contributed by atoms with van der Waals surface area (Å²) < 4.78 is 15.5. The van der Waals surface area contributed by atoms with Gasteiger partial charge in [0.2, 0.25) is 0 Å². The molecule has 0 bridgehead atoms. The first-order valence-corrected chi connectivity index (χ1v) is 8.59. The molecule has 2 rings (SSSR count). The predicted molar refractivity (Wildman–Crippen MR) is 106 cm³/mol. The number of methoxy groups -OCH3 is 2. The number of hydrogen-bond donors (Lipinski definition) is 1. The SMILES string of the molecule is C=CCc1cc(/C=C2\C(=O)NC(=S)N(C)C2=O)cc(OC)c1OCC(=O)OC. The summed E-state index contributed by atoms with van der Waals surface area (Å²) in [5.74, 6) is -0.941. The molecule has 0 atom stereocenters. The molecule has 148 valence electrons. The Morgan fingerprint density at radius 2 is 2.04 bits per heavy atom. The molecule has 9 heteroatoms. The van der Waals surface area contributed by atoms with Crippen molar-refractivity contribution in [2.45, 2.75) is 6.42 Å². The molecular formula is C19H20N2O6S. The Bertz CT molecular complexity index is 877. The molecule has 0 saturated carbocycles. The molecule has 28 heavy (non-hydrogen) atoms. The molecule has 0 aliphatic carbocycles. The van der Waals surface area contributed by atoms with Crippen LogP contribution in [-0.4, -0.2) is 55.7 Å². The van der Waals surface area contributed by atoms with Crippen molar-refractivity contribution >= 4 is 41.2 Å². The van der Waals surface area contributed by atoms with Crippen LogP contribution < -0.4 is 14.8 Å². The molecule has 1 aromatic rings. The number of hydrogen-bond acceptors (Lipinski definition) is 7. The Morgan fingerprint density at radius 3 is 2.64 bits per heavy atom. The summed E-state index contributed by atoms with van der Waals surface area (Å²) in [6.45, 7) is 3.42. The number of nitrogens with one attached hydrogen (secondary N) is 1. The number of carbonyl (C=O) groups excluding carboxylic acids is 3. The minimum atomic E-state index is -0.580. The second-order valence-corrected chi connectivity index (χ2v) is 6.14. The molecule has 1 N–H and O–H groups in total. The fourth-order valence-electron chi connectivity index (χ4n) is 2.49. The lowest BCUT2D eigenvalue weighted by Gasteiger charge is -2.25. The van der Waals surface area contributed by atoms with Gasteiger partial charge in [-0.1, -0.05) is 6.08 Å². The van der Waals surface area contributed by atoms with Gasteiger partial charge in [0.1, 0.15) is 5.57 Å². The van der Waals surface area contributed by atoms with Gasteiger partial charge in [0.25, 0.3) is 11.8 Å². The van der Waals surface area contributed by atoms with Crippen LogP contribution in [-0.2, 0) is 25.5 Å². The fraction of sp³-hybridized carbons (Fsp3) is 0.263. The first-order valence-electron chi connectivity index (χ1n) is 8.18. The molecule has 1 aliphatic heterocycles. The molecule has 1 heterocycles. The Kier molecular flexibility index (Phi) is 6.89. The van der Waals surface area contributed by atoms with Crippen LogP contribution in [0.5, 0.6) is 11.5 Å². The number of thiocarbonyl (C=S) groups is 1. The summed E-state index contributed by atoms with van der Waals surface area (Å²) in [6.07, 6.45) is 3.50. The van der Waals surface area contributed by atoms with Crippen LogP contribution >= 0.6 is 12.2 Å². The number of amides is 2. The highest BCUT2D eigenvalue weighted by Gasteiger charge is 2.30. The average Bonchev–Trinajstić information content (AvgIpc) is 2.68. The zero-order valence-electron chi connectivity index (χ0n) is 15.7. The third-order valence-electron chi connectivity index (χ3n) is 3.92. The van der Waals surface area contributed by atoms with E-state index in [0.717, 1.165) is 0 Å². The van der Waals surface area contributed by atoms with Gasteiger partial charge >= 0.3 is 5.97 Å². The van der Waals surface area contributed by atoms with Gasteiger partial charge in [0.05, 0.1) is 14.2 Å². The van der Waals surface area contributed by atoms with Gasteiger partial charge in [0.15, 0.2) is 23.2 Å². The van der Waals surface area contributed by atoms with Crippen molar-refractivity contribution in [1.29, 1.82) is 0 Å². The Balaban J connectivity index is 2.48. The van der Waals surface area contributed by atoms with E-state index in [1.165, 1.54) is 32.2 Å². The predicted octanol–water partition coefficient (Wildman–Crippen LogP) is 1.23. The van der Waals surface area contributed by atoms with E-state index in [2.05, 4.69) is 16.6 Å². The van der Waals surface area contributed by atoms with Crippen molar-refractivity contribution in [3.05, 3.63) is 41.5 Å². The maximum absolute atomic E-state index is 12.4. The second-order valence-electron chi connectivity index (χ2n) is 5.75. The third-order valence-corrected chi connectivity index (χ3v) is 4.29. The van der Waals surface area contributed by atoms with E-state index in [9.17, 15) is 14.4 Å². The van der Waals surface area contributed by atoms with Gasteiger partial charge < -0.3 is 14.2 Å². The molecule has 0 aromatic heterocycles. The van der Waals surface area contributed by atoms with Gasteiger partial charge in [-0.05, 0) is 42.4 Å². The summed E-state index contributed by atoms with van der Waals surface area (Å²) in [4.78, 5) is 37.1. The number of nitrogens with zero attached hydrogens (tertiary/aromatic N) is 1. The van der Waals surface area contributed by atoms with Crippen LogP contribution in [0.4, 0.5) is 0 Å². The van der Waals surface area contributed by atoms with Crippen molar-refractivity contribution < 1.29 is 28.6 Å². The van der Waals surface area contributed by atoms with Gasteiger partial charge in [-0.25, -0.2) is 4.79 Å². The minimum absolute atomic E-state index is 0.0450. The van der Waals surface area contributed by atoms with Crippen LogP contribution in [0.3, 0.4) is 0 Å². The number of esters is 1. The maximum atomic E-state index is 12.4. The summed E-state index contributed by atoms with van der Waals surface area (Å²) in [6, 6.07) is 3.32. The van der Waals surface area contributed by atoms with Crippen LogP contribution in [0, 0.1) is 0 Å². The molecule has 1 fully saturated rings. The lowest BCUT2D eigenvalue weighted by atomic mass is 10.0. The lowest BCUT2D eigenvalue weighted by molar-refractivity contribution is -0.143. The van der Waals surface area contributed by atoms with Gasteiger partial charge in [-0.3, -0.25) is 19.8 Å². The van der Waals surface area contributed by atoms with Crippen LogP contribution in [0.2, 0.25) is 0 Å². The first kappa shape index (κ1) is 21.1. The molecule has 1 saturated heterocycles. The first-order chi connectivity index (χ1) is 13.3. The van der Waals surface area contributed by atoms with E-state index in [0.29, 0.717) is 29.0 Å². The number of ether oxygens (including phenoxy) is 3. The molecule has 0 spiro atoms. The summed E-state index contributed by atoms with van der Waals surface area (Å²) in [5, 5.41) is 2.50. The van der Waals surface area contributed by atoms with Crippen molar-refractivity contribution in [1.82, 2.24) is 10.2 Å². The molecule has 1 aromatic carbocycles. The Labute approximate surface area is 167 Å². The van der Waals surface area contributed by atoms with Crippen molar-refractivity contribution in [3.63, 3.8) is 0 Å². The molecule has 1 aliphatic rings. The van der Waals surface area contributed by atoms with Crippen LogP contribution in [0.1, 0.15) is 11.1 Å². The average molecular weight is 404 g/mol. The molecule has 2 amide bonds. The van der Waals surface area contributed by atoms with Crippen LogP contribution in [0.15, 0.2) is 30.4 Å². The number of carbonyl (C=O) groups is 3. The monoisotopic (exact) mass is 404 g/mol. The molecule has 0 unspecified atom stereocenters. The topological polar surface area (TPSA) is 94.2 Å². The van der Waals surface area contributed by atoms with E-state index in [-0.39, 0.29) is 17.3 Å². The van der Waals surface area contributed by atoms with E-state index in [1.54, 1.807) is 18.2 Å². The van der Waals surface area contributed by atoms with Gasteiger partial charge in [-0.15, -0.1) is 6.58 Å². The summed E-state index contributed by atoms with van der Waals surface area (Å²) in [5.41, 5.74) is 1.14. The highest BCUT2D eigenvalue weighted by atomic mass is 32.1. The lowest BCUT2D eigenvalue weighted by Crippen LogP contribution is -2.52. The molecule has 0 radical (unpaired) electrons. The highest BCUT2D eigenvalue weighted by molar-refractivity contribution is 7.80. The van der Waals surface area contributed by atoms with Gasteiger partial charge in [0, 0.05) is 12.6 Å². The number of benzene rings is 1. The van der Waals surface area contributed by atoms with Crippen molar-refractivity contribution in [3.8, 4) is 11.5 Å². The standard InChI is InChI=1S/C19H20N2O6S/c1-5-6-12-7-11(8-13-17(23)20-19(28)21(2)18(13)24)9-14(25-3)16(12)27-10-15(22)26-4/h5,7-9H,1,6,10H2,2-4H3,(H,20,23,28)/b13-8+. The van der Waals surface area contributed by atoms with Crippen molar-refractivity contribution in [2.24, 2.45) is 0 Å². The zero-order chi connectivity index (χ0) is 20.8. The van der Waals surface area contributed by atoms with E-state index >= 15 is 0 Å². The summed E-state index contributed by atoms with van der Waals surface area (Å²) >= 11 is 4.93. The van der Waals surface area contributed by atoms with Gasteiger partial charge in [-0.2, -0.15) is 0 Å². The second kappa shape index (κ2) is 9.14. The number of rotatable bonds is 7. The number of likely N-dealkylation sites (N-methyl/N-ethyl adjacent to an activating group) is 1. The Morgan fingerprint density at radius 1 is 1.32 bits per heavy atom. The van der Waals surface area contributed by atoms with E-state index in [1.807, 2.05) is 0 Å². The zero-order valence-corrected chi connectivity index (χ0v) is 16.6. The third kappa shape index (κ3) is 4.55. The Hall–Kier alpha value is -3.20. The smallest absolute Gasteiger partial charge is 0.343 e. The minimum Gasteiger partial charge on any atom is -0.493 e.